The second kappa shape index (κ2) is 9.49. The van der Waals surface area contributed by atoms with E-state index in [1.807, 2.05) is 18.7 Å². The fourth-order valence-electron chi connectivity index (χ4n) is 4.57. The molecule has 1 unspecified atom stereocenters. The summed E-state index contributed by atoms with van der Waals surface area (Å²) in [6.45, 7) is 4.89. The summed E-state index contributed by atoms with van der Waals surface area (Å²) in [6, 6.07) is 4.49. The lowest BCUT2D eigenvalue weighted by Crippen LogP contribution is -2.46. The standard InChI is InChI=1S/C24H30ClFN6O3/c1-14(2)28(3)21(33)15-8-7-11-31(12-15)23-27-20-19(22(34)30(5)24(35)29(20)4)32(23)13-16-17(25)9-6-10-18(16)26/h6,9-10,14-15H,7-8,11-13H2,1-5H3. The van der Waals surface area contributed by atoms with Gasteiger partial charge in [-0.3, -0.25) is 23.3 Å². The van der Waals surface area contributed by atoms with Crippen LogP contribution in [-0.2, 0) is 25.4 Å². The molecule has 1 aromatic carbocycles. The third-order valence-corrected chi connectivity index (χ3v) is 7.24. The summed E-state index contributed by atoms with van der Waals surface area (Å²) in [5, 5.41) is 0.227. The van der Waals surface area contributed by atoms with Crippen LogP contribution in [0.3, 0.4) is 0 Å². The highest BCUT2D eigenvalue weighted by Gasteiger charge is 2.32. The first kappa shape index (κ1) is 25.0. The molecule has 3 heterocycles. The van der Waals surface area contributed by atoms with Gasteiger partial charge in [0.2, 0.25) is 11.9 Å². The van der Waals surface area contributed by atoms with E-state index in [4.69, 9.17) is 11.6 Å². The molecule has 0 spiro atoms. The van der Waals surface area contributed by atoms with Gasteiger partial charge in [-0.15, -0.1) is 0 Å². The monoisotopic (exact) mass is 504 g/mol. The number of rotatable bonds is 5. The largest absolute Gasteiger partial charge is 0.343 e. The summed E-state index contributed by atoms with van der Waals surface area (Å²) in [5.74, 6) is -0.291. The number of aryl methyl sites for hydroxylation is 1. The van der Waals surface area contributed by atoms with E-state index in [1.165, 1.54) is 23.7 Å². The van der Waals surface area contributed by atoms with Crippen molar-refractivity contribution in [2.45, 2.75) is 39.3 Å². The maximum absolute atomic E-state index is 14.8. The zero-order valence-electron chi connectivity index (χ0n) is 20.6. The molecule has 9 nitrogen and oxygen atoms in total. The number of nitrogens with zero attached hydrogens (tertiary/aromatic N) is 6. The Bertz CT molecular complexity index is 1390. The van der Waals surface area contributed by atoms with Gasteiger partial charge in [0.1, 0.15) is 5.82 Å². The summed E-state index contributed by atoms with van der Waals surface area (Å²) < 4.78 is 18.7. The normalized spacial score (nSPS) is 16.3. The van der Waals surface area contributed by atoms with Crippen molar-refractivity contribution in [3.05, 3.63) is 55.4 Å². The molecule has 0 aliphatic carbocycles. The highest BCUT2D eigenvalue weighted by atomic mass is 35.5. The first-order chi connectivity index (χ1) is 16.5. The fraction of sp³-hybridized carbons (Fsp3) is 0.500. The van der Waals surface area contributed by atoms with Crippen molar-refractivity contribution in [1.29, 1.82) is 0 Å². The molecule has 1 aliphatic rings. The average Bonchev–Trinajstić information content (AvgIpc) is 3.22. The molecule has 188 valence electrons. The van der Waals surface area contributed by atoms with Gasteiger partial charge in [0.25, 0.3) is 5.56 Å². The molecule has 0 N–H and O–H groups in total. The number of anilines is 1. The SMILES string of the molecule is CC(C)N(C)C(=O)C1CCCN(c2nc3c(c(=O)n(C)c(=O)n3C)n2Cc2c(F)cccc2Cl)C1. The Morgan fingerprint density at radius 1 is 1.26 bits per heavy atom. The number of aromatic nitrogens is 4. The molecule has 1 aliphatic heterocycles. The van der Waals surface area contributed by atoms with Gasteiger partial charge in [0.05, 0.1) is 12.5 Å². The highest BCUT2D eigenvalue weighted by Crippen LogP contribution is 2.29. The average molecular weight is 505 g/mol. The van der Waals surface area contributed by atoms with Crippen LogP contribution in [-0.4, -0.2) is 55.7 Å². The number of hydrogen-bond acceptors (Lipinski definition) is 5. The quantitative estimate of drug-likeness (QED) is 0.532. The Morgan fingerprint density at radius 2 is 1.97 bits per heavy atom. The van der Waals surface area contributed by atoms with Crippen molar-refractivity contribution < 1.29 is 9.18 Å². The number of amides is 1. The Kier molecular flexibility index (Phi) is 6.77. The lowest BCUT2D eigenvalue weighted by atomic mass is 9.96. The molecule has 0 saturated carbocycles. The fourth-order valence-corrected chi connectivity index (χ4v) is 4.79. The number of fused-ring (bicyclic) bond motifs is 1. The molecule has 0 bridgehead atoms. The molecule has 3 aromatic rings. The number of benzene rings is 1. The van der Waals surface area contributed by atoms with Gasteiger partial charge in [-0.1, -0.05) is 17.7 Å². The van der Waals surface area contributed by atoms with E-state index in [1.54, 1.807) is 29.6 Å². The van der Waals surface area contributed by atoms with Crippen LogP contribution in [0.2, 0.25) is 5.02 Å². The lowest BCUT2D eigenvalue weighted by Gasteiger charge is -2.35. The number of imidazole rings is 1. The van der Waals surface area contributed by atoms with Crippen LogP contribution in [0.15, 0.2) is 27.8 Å². The van der Waals surface area contributed by atoms with Gasteiger partial charge >= 0.3 is 5.69 Å². The second-order valence-corrected chi connectivity index (χ2v) is 9.81. The van der Waals surface area contributed by atoms with E-state index in [0.717, 1.165) is 17.4 Å². The van der Waals surface area contributed by atoms with Gasteiger partial charge in [-0.25, -0.2) is 9.18 Å². The lowest BCUT2D eigenvalue weighted by molar-refractivity contribution is -0.136. The van der Waals surface area contributed by atoms with Crippen LogP contribution < -0.4 is 16.1 Å². The Labute approximate surface area is 207 Å². The minimum atomic E-state index is -0.529. The van der Waals surface area contributed by atoms with Crippen LogP contribution in [0.4, 0.5) is 10.3 Å². The number of carbonyl (C=O) groups excluding carboxylic acids is 1. The van der Waals surface area contributed by atoms with Crippen molar-refractivity contribution in [3.8, 4) is 0 Å². The number of halogens is 2. The zero-order chi connectivity index (χ0) is 25.6. The van der Waals surface area contributed by atoms with Crippen LogP contribution in [0, 0.1) is 11.7 Å². The second-order valence-electron chi connectivity index (χ2n) is 9.40. The van der Waals surface area contributed by atoms with Gasteiger partial charge in [0.15, 0.2) is 11.2 Å². The summed E-state index contributed by atoms with van der Waals surface area (Å²) in [5.41, 5.74) is -0.439. The summed E-state index contributed by atoms with van der Waals surface area (Å²) >= 11 is 6.32. The third-order valence-electron chi connectivity index (χ3n) is 6.88. The van der Waals surface area contributed by atoms with E-state index in [2.05, 4.69) is 4.98 Å². The van der Waals surface area contributed by atoms with E-state index in [9.17, 15) is 18.8 Å². The first-order valence-corrected chi connectivity index (χ1v) is 12.0. The van der Waals surface area contributed by atoms with Gasteiger partial charge in [0, 0.05) is 50.9 Å². The van der Waals surface area contributed by atoms with E-state index < -0.39 is 17.1 Å². The molecular formula is C24H30ClFN6O3. The van der Waals surface area contributed by atoms with E-state index >= 15 is 0 Å². The summed E-state index contributed by atoms with van der Waals surface area (Å²) in [7, 11) is 4.73. The molecule has 1 fully saturated rings. The molecular weight excluding hydrogens is 475 g/mol. The molecule has 1 saturated heterocycles. The van der Waals surface area contributed by atoms with Crippen molar-refractivity contribution in [2.75, 3.05) is 25.0 Å². The maximum Gasteiger partial charge on any atom is 0.332 e. The molecule has 11 heteroatoms. The van der Waals surface area contributed by atoms with Crippen molar-refractivity contribution >= 4 is 34.6 Å². The summed E-state index contributed by atoms with van der Waals surface area (Å²) in [4.78, 5) is 47.2. The number of hydrogen-bond donors (Lipinski definition) is 0. The molecule has 0 radical (unpaired) electrons. The molecule has 1 atom stereocenters. The van der Waals surface area contributed by atoms with Gasteiger partial charge < -0.3 is 9.80 Å². The van der Waals surface area contributed by atoms with Crippen molar-refractivity contribution in [1.82, 2.24) is 23.6 Å². The Balaban J connectivity index is 1.87. The smallest absolute Gasteiger partial charge is 0.332 e. The molecule has 35 heavy (non-hydrogen) atoms. The Hall–Kier alpha value is -3.14. The maximum atomic E-state index is 14.8. The minimum Gasteiger partial charge on any atom is -0.343 e. The first-order valence-electron chi connectivity index (χ1n) is 11.6. The van der Waals surface area contributed by atoms with Crippen LogP contribution in [0.1, 0.15) is 32.3 Å². The zero-order valence-corrected chi connectivity index (χ0v) is 21.3. The molecule has 2 aromatic heterocycles. The predicted octanol–water partition coefficient (Wildman–Crippen LogP) is 2.36. The minimum absolute atomic E-state index is 0.0489. The predicted molar refractivity (Wildman–Crippen MR) is 134 cm³/mol. The number of piperidine rings is 1. The summed E-state index contributed by atoms with van der Waals surface area (Å²) in [6.07, 6.45) is 1.49. The topological polar surface area (TPSA) is 85.4 Å². The van der Waals surface area contributed by atoms with Crippen LogP contribution in [0.25, 0.3) is 11.2 Å². The molecule has 1 amide bonds. The highest BCUT2D eigenvalue weighted by molar-refractivity contribution is 6.31. The van der Waals surface area contributed by atoms with Crippen LogP contribution in [0.5, 0.6) is 0 Å². The third kappa shape index (κ3) is 4.35. The van der Waals surface area contributed by atoms with Crippen molar-refractivity contribution in [2.24, 2.45) is 20.0 Å². The van der Waals surface area contributed by atoms with Gasteiger partial charge in [-0.2, -0.15) is 4.98 Å². The number of carbonyl (C=O) groups is 1. The Morgan fingerprint density at radius 3 is 2.63 bits per heavy atom. The van der Waals surface area contributed by atoms with Gasteiger partial charge in [-0.05, 0) is 38.8 Å². The van der Waals surface area contributed by atoms with Crippen molar-refractivity contribution in [3.63, 3.8) is 0 Å². The van der Waals surface area contributed by atoms with E-state index in [0.29, 0.717) is 19.0 Å². The molecule has 4 rings (SSSR count). The van der Waals surface area contributed by atoms with E-state index in [-0.39, 0.29) is 46.2 Å². The van der Waals surface area contributed by atoms with Crippen LogP contribution >= 0.6 is 11.6 Å².